The Balaban J connectivity index is 1.65. The molecule has 2 unspecified atom stereocenters. The lowest BCUT2D eigenvalue weighted by Crippen LogP contribution is -2.39. The van der Waals surface area contributed by atoms with Crippen molar-refractivity contribution in [2.24, 2.45) is 39.4 Å². The van der Waals surface area contributed by atoms with E-state index in [2.05, 4.69) is 48.1 Å². The molecule has 4 fully saturated rings. The Labute approximate surface area is 194 Å². The van der Waals surface area contributed by atoms with Crippen LogP contribution >= 0.6 is 0 Å². The highest BCUT2D eigenvalue weighted by Crippen LogP contribution is 2.70. The van der Waals surface area contributed by atoms with Crippen molar-refractivity contribution in [1.29, 1.82) is 0 Å². The summed E-state index contributed by atoms with van der Waals surface area (Å²) in [6.07, 6.45) is 6.39. The first-order valence-corrected chi connectivity index (χ1v) is 12.5. The quantitative estimate of drug-likeness (QED) is 0.273. The molecule has 4 heteroatoms. The monoisotopic (exact) mass is 442 g/mol. The van der Waals surface area contributed by atoms with Crippen LogP contribution in [0.25, 0.3) is 0 Å². The fraction of sp³-hybridized carbons (Fsp3) is 0.786. The van der Waals surface area contributed by atoms with Crippen LogP contribution in [0.1, 0.15) is 93.9 Å². The third-order valence-corrected chi connectivity index (χ3v) is 11.3. The van der Waals surface area contributed by atoms with Gasteiger partial charge in [-0.1, -0.05) is 48.1 Å². The van der Waals surface area contributed by atoms with Crippen LogP contribution in [-0.4, -0.2) is 18.0 Å². The number of allylic oxidation sites excluding steroid dienone is 1. The summed E-state index contributed by atoms with van der Waals surface area (Å²) in [6, 6.07) is 0. The highest BCUT2D eigenvalue weighted by Gasteiger charge is 2.64. The smallest absolute Gasteiger partial charge is 0.338 e. The molecule has 0 heterocycles. The Kier molecular flexibility index (Phi) is 5.31. The summed E-state index contributed by atoms with van der Waals surface area (Å²) < 4.78 is 12.1. The minimum Gasteiger partial charge on any atom is -0.458 e. The van der Waals surface area contributed by atoms with E-state index in [4.69, 9.17) is 9.47 Å². The molecule has 4 rings (SSSR count). The molecule has 0 radical (unpaired) electrons. The molecule has 4 bridgehead atoms. The average molecular weight is 443 g/mol. The molecule has 4 nitrogen and oxygen atoms in total. The van der Waals surface area contributed by atoms with E-state index in [-0.39, 0.29) is 39.7 Å². The van der Waals surface area contributed by atoms with Crippen molar-refractivity contribution in [2.45, 2.75) is 100 Å². The standard InChI is InChI=1S/C28H42O4/c1-16(2)23(29)32-22(20-14-18-10-12-27(20,8)25(18,4)5)17(3)24(30)31-21-15-19-11-13-28(21,9)26(19,6)7/h18-21H,1,10-15H2,2-9H3/t18-,19-,20?,21?,27-,28-/m1/s1. The fourth-order valence-electron chi connectivity index (χ4n) is 7.82. The Bertz CT molecular complexity index is 893. The van der Waals surface area contributed by atoms with Gasteiger partial charge in [-0.25, -0.2) is 9.59 Å². The van der Waals surface area contributed by atoms with E-state index < -0.39 is 5.97 Å². The Morgan fingerprint density at radius 1 is 0.812 bits per heavy atom. The molecule has 0 saturated heterocycles. The fourth-order valence-corrected chi connectivity index (χ4v) is 7.82. The predicted molar refractivity (Wildman–Crippen MR) is 125 cm³/mol. The van der Waals surface area contributed by atoms with Gasteiger partial charge in [-0.3, -0.25) is 0 Å². The normalized spacial score (nSPS) is 41.4. The Morgan fingerprint density at radius 2 is 1.34 bits per heavy atom. The number of carbonyl (C=O) groups excluding carboxylic acids is 2. The van der Waals surface area contributed by atoms with Gasteiger partial charge in [-0.05, 0) is 80.5 Å². The minimum atomic E-state index is -0.454. The van der Waals surface area contributed by atoms with Crippen LogP contribution in [-0.2, 0) is 19.1 Å². The van der Waals surface area contributed by atoms with Crippen molar-refractivity contribution in [3.05, 3.63) is 23.5 Å². The van der Waals surface area contributed by atoms with Gasteiger partial charge < -0.3 is 9.47 Å². The molecule has 6 atom stereocenters. The summed E-state index contributed by atoms with van der Waals surface area (Å²) >= 11 is 0. The summed E-state index contributed by atoms with van der Waals surface area (Å²) in [5, 5.41) is 0. The second kappa shape index (κ2) is 7.21. The van der Waals surface area contributed by atoms with Crippen molar-refractivity contribution in [1.82, 2.24) is 0 Å². The molecular weight excluding hydrogens is 400 g/mol. The van der Waals surface area contributed by atoms with Crippen molar-refractivity contribution in [3.63, 3.8) is 0 Å². The van der Waals surface area contributed by atoms with Crippen LogP contribution in [0, 0.1) is 39.4 Å². The molecule has 4 aliphatic carbocycles. The van der Waals surface area contributed by atoms with Crippen LogP contribution in [0.3, 0.4) is 0 Å². The maximum Gasteiger partial charge on any atom is 0.338 e. The highest BCUT2D eigenvalue weighted by molar-refractivity contribution is 5.91. The second-order valence-electron chi connectivity index (χ2n) is 12.8. The molecule has 32 heavy (non-hydrogen) atoms. The van der Waals surface area contributed by atoms with Gasteiger partial charge in [0.1, 0.15) is 11.9 Å². The topological polar surface area (TPSA) is 52.6 Å². The molecule has 0 amide bonds. The largest absolute Gasteiger partial charge is 0.458 e. The summed E-state index contributed by atoms with van der Waals surface area (Å²) in [5.74, 6) is 0.954. The number of hydrogen-bond acceptors (Lipinski definition) is 4. The number of rotatable bonds is 5. The molecular formula is C28H42O4. The van der Waals surface area contributed by atoms with Crippen LogP contribution in [0.5, 0.6) is 0 Å². The van der Waals surface area contributed by atoms with E-state index in [0.29, 0.717) is 28.7 Å². The zero-order valence-electron chi connectivity index (χ0n) is 21.4. The molecule has 0 aromatic carbocycles. The molecule has 0 aliphatic heterocycles. The molecule has 0 aromatic heterocycles. The number of carbonyl (C=O) groups is 2. The molecule has 4 aliphatic rings. The lowest BCUT2D eigenvalue weighted by atomic mass is 9.66. The molecule has 178 valence electrons. The summed E-state index contributed by atoms with van der Waals surface area (Å²) in [5.41, 5.74) is 1.11. The van der Waals surface area contributed by atoms with Gasteiger partial charge in [0.05, 0.1) is 5.57 Å². The number of ether oxygens (including phenoxy) is 2. The summed E-state index contributed by atoms with van der Waals surface area (Å²) in [4.78, 5) is 26.0. The van der Waals surface area contributed by atoms with E-state index in [1.807, 2.05) is 0 Å². The molecule has 0 aromatic rings. The summed E-state index contributed by atoms with van der Waals surface area (Å²) in [7, 11) is 0. The third-order valence-electron chi connectivity index (χ3n) is 11.3. The van der Waals surface area contributed by atoms with Crippen LogP contribution < -0.4 is 0 Å². The van der Waals surface area contributed by atoms with Gasteiger partial charge >= 0.3 is 11.9 Å². The highest BCUT2D eigenvalue weighted by atomic mass is 16.6. The van der Waals surface area contributed by atoms with E-state index >= 15 is 0 Å². The third kappa shape index (κ3) is 3.00. The van der Waals surface area contributed by atoms with E-state index in [9.17, 15) is 9.59 Å². The van der Waals surface area contributed by atoms with Crippen molar-refractivity contribution in [2.75, 3.05) is 0 Å². The average Bonchev–Trinajstić information content (AvgIpc) is 3.22. The maximum absolute atomic E-state index is 13.5. The van der Waals surface area contributed by atoms with Crippen LogP contribution in [0.15, 0.2) is 23.5 Å². The van der Waals surface area contributed by atoms with Crippen molar-refractivity contribution in [3.8, 4) is 0 Å². The maximum atomic E-state index is 13.5. The van der Waals surface area contributed by atoms with Gasteiger partial charge in [0.15, 0.2) is 0 Å². The van der Waals surface area contributed by atoms with E-state index in [1.54, 1.807) is 13.8 Å². The van der Waals surface area contributed by atoms with E-state index in [0.717, 1.165) is 25.7 Å². The zero-order valence-corrected chi connectivity index (χ0v) is 21.4. The van der Waals surface area contributed by atoms with E-state index in [1.165, 1.54) is 12.8 Å². The first kappa shape index (κ1) is 23.6. The number of esters is 2. The zero-order chi connectivity index (χ0) is 23.9. The Morgan fingerprint density at radius 3 is 1.75 bits per heavy atom. The van der Waals surface area contributed by atoms with Gasteiger partial charge in [-0.15, -0.1) is 0 Å². The van der Waals surface area contributed by atoms with Gasteiger partial charge in [0.25, 0.3) is 0 Å². The Hall–Kier alpha value is -1.58. The van der Waals surface area contributed by atoms with Crippen LogP contribution in [0.2, 0.25) is 0 Å². The molecule has 4 saturated carbocycles. The molecule has 0 N–H and O–H groups in total. The van der Waals surface area contributed by atoms with Gasteiger partial charge in [0.2, 0.25) is 0 Å². The SMILES string of the molecule is C=C(C)C(=O)OC(=C(C)C(=O)OC1C[C@H]2CC[C@@]1(C)C2(C)C)C1C[C@H]2CC[C@@]1(C)C2(C)C. The molecule has 0 spiro atoms. The van der Waals surface area contributed by atoms with Gasteiger partial charge in [-0.2, -0.15) is 0 Å². The van der Waals surface area contributed by atoms with Crippen molar-refractivity contribution >= 4 is 11.9 Å². The summed E-state index contributed by atoms with van der Waals surface area (Å²) in [6.45, 7) is 21.1. The second-order valence-corrected chi connectivity index (χ2v) is 12.8. The lowest BCUT2D eigenvalue weighted by molar-refractivity contribution is -0.152. The number of fused-ring (bicyclic) bond motifs is 4. The van der Waals surface area contributed by atoms with Crippen LogP contribution in [0.4, 0.5) is 0 Å². The lowest BCUT2D eigenvalue weighted by Gasteiger charge is -2.40. The predicted octanol–water partition coefficient (Wildman–Crippen LogP) is 6.60. The van der Waals surface area contributed by atoms with Crippen molar-refractivity contribution < 1.29 is 19.1 Å². The number of hydrogen-bond donors (Lipinski definition) is 0. The first-order chi connectivity index (χ1) is 14.7. The van der Waals surface area contributed by atoms with Gasteiger partial charge in [0, 0.05) is 16.9 Å². The first-order valence-electron chi connectivity index (χ1n) is 12.5. The minimum absolute atomic E-state index is 0.00253.